The van der Waals surface area contributed by atoms with Crippen LogP contribution < -0.4 is 10.1 Å². The lowest BCUT2D eigenvalue weighted by Gasteiger charge is -2.12. The third kappa shape index (κ3) is 6.21. The second kappa shape index (κ2) is 11.8. The van der Waals surface area contributed by atoms with Crippen molar-refractivity contribution >= 4 is 35.1 Å². The van der Waals surface area contributed by atoms with Gasteiger partial charge in [0, 0.05) is 22.7 Å². The van der Waals surface area contributed by atoms with Crippen molar-refractivity contribution in [1.82, 2.24) is 14.8 Å². The summed E-state index contributed by atoms with van der Waals surface area (Å²) in [5.41, 5.74) is 2.86. The van der Waals surface area contributed by atoms with Crippen LogP contribution >= 0.6 is 23.5 Å². The Bertz CT molecular complexity index is 1230. The Morgan fingerprint density at radius 1 is 1.00 bits per heavy atom. The maximum atomic E-state index is 12.6. The summed E-state index contributed by atoms with van der Waals surface area (Å²) in [6.07, 6.45) is 2.65. The molecule has 1 aromatic heterocycles. The van der Waals surface area contributed by atoms with Crippen molar-refractivity contribution in [3.8, 4) is 11.4 Å². The van der Waals surface area contributed by atoms with E-state index in [2.05, 4.69) is 27.6 Å². The monoisotopic (exact) mass is 490 g/mol. The first-order valence-electron chi connectivity index (χ1n) is 10.9. The van der Waals surface area contributed by atoms with Crippen LogP contribution in [0.4, 0.5) is 5.69 Å². The van der Waals surface area contributed by atoms with Gasteiger partial charge < -0.3 is 10.1 Å². The van der Waals surface area contributed by atoms with Crippen LogP contribution in [0.5, 0.6) is 5.75 Å². The molecule has 0 aliphatic heterocycles. The number of anilines is 1. The molecule has 0 atom stereocenters. The maximum Gasteiger partial charge on any atom is 0.234 e. The summed E-state index contributed by atoms with van der Waals surface area (Å²) in [4.78, 5) is 13.7. The molecule has 8 heteroatoms. The van der Waals surface area contributed by atoms with E-state index in [0.717, 1.165) is 33.4 Å². The Morgan fingerprint density at radius 3 is 2.53 bits per heavy atom. The third-order valence-electron chi connectivity index (χ3n) is 5.00. The summed E-state index contributed by atoms with van der Waals surface area (Å²) < 4.78 is 7.60. The molecule has 4 rings (SSSR count). The quantitative estimate of drug-likeness (QED) is 0.287. The fourth-order valence-electron chi connectivity index (χ4n) is 3.43. The number of thioether (sulfide) groups is 2. The largest absolute Gasteiger partial charge is 0.494 e. The number of carbonyl (C=O) groups excluding carboxylic acids is 1. The number of rotatable bonds is 10. The van der Waals surface area contributed by atoms with Gasteiger partial charge in [0.2, 0.25) is 5.91 Å². The lowest BCUT2D eigenvalue weighted by Crippen LogP contribution is -2.14. The van der Waals surface area contributed by atoms with Crippen LogP contribution in [0.15, 0.2) is 88.9 Å². The highest BCUT2D eigenvalue weighted by Gasteiger charge is 2.17. The average Bonchev–Trinajstić information content (AvgIpc) is 3.26. The van der Waals surface area contributed by atoms with Crippen LogP contribution in [0.25, 0.3) is 5.69 Å². The summed E-state index contributed by atoms with van der Waals surface area (Å²) in [5, 5.41) is 12.5. The Morgan fingerprint density at radius 2 is 1.79 bits per heavy atom. The van der Waals surface area contributed by atoms with Crippen molar-refractivity contribution in [2.24, 2.45) is 0 Å². The van der Waals surface area contributed by atoms with E-state index >= 15 is 0 Å². The van der Waals surface area contributed by atoms with Gasteiger partial charge in [-0.05, 0) is 61.2 Å². The van der Waals surface area contributed by atoms with Crippen molar-refractivity contribution in [2.45, 2.75) is 23.4 Å². The summed E-state index contributed by atoms with van der Waals surface area (Å²) >= 11 is 3.01. The first kappa shape index (κ1) is 23.9. The summed E-state index contributed by atoms with van der Waals surface area (Å²) in [6.45, 7) is 2.57. The predicted octanol–water partition coefficient (Wildman–Crippen LogP) is 5.71. The van der Waals surface area contributed by atoms with Crippen LogP contribution in [0, 0.1) is 0 Å². The van der Waals surface area contributed by atoms with Crippen LogP contribution in [0.2, 0.25) is 0 Å². The van der Waals surface area contributed by atoms with Gasteiger partial charge in [0.15, 0.2) is 5.16 Å². The number of nitrogens with one attached hydrogen (secondary N) is 1. The SMILES string of the molecule is CCOc1ccc(-n2c(Cc3ccccc3)nnc2SCC(=O)Nc2cccc(SC)c2)cc1. The standard InChI is InChI=1S/C26H26N4O2S2/c1-3-32-22-14-12-21(13-15-22)30-24(16-19-8-5-4-6-9-19)28-29-26(30)34-18-25(31)27-20-10-7-11-23(17-20)33-2/h4-15,17H,3,16,18H2,1-2H3,(H,27,31). The first-order chi connectivity index (χ1) is 16.7. The zero-order valence-corrected chi connectivity index (χ0v) is 20.7. The first-order valence-corrected chi connectivity index (χ1v) is 13.2. The van der Waals surface area contributed by atoms with Gasteiger partial charge in [-0.25, -0.2) is 0 Å². The number of benzene rings is 3. The van der Waals surface area contributed by atoms with Crippen LogP contribution in [-0.4, -0.2) is 39.3 Å². The van der Waals surface area contributed by atoms with E-state index in [4.69, 9.17) is 4.74 Å². The molecule has 4 aromatic rings. The number of ether oxygens (including phenoxy) is 1. The average molecular weight is 491 g/mol. The molecular formula is C26H26N4O2S2. The minimum absolute atomic E-state index is 0.0888. The maximum absolute atomic E-state index is 12.6. The lowest BCUT2D eigenvalue weighted by molar-refractivity contribution is -0.113. The lowest BCUT2D eigenvalue weighted by atomic mass is 10.1. The van der Waals surface area contributed by atoms with Crippen molar-refractivity contribution in [2.75, 3.05) is 23.9 Å². The fourth-order valence-corrected chi connectivity index (χ4v) is 4.66. The van der Waals surface area contributed by atoms with E-state index in [1.807, 2.05) is 84.5 Å². The van der Waals surface area contributed by atoms with Gasteiger partial charge in [-0.2, -0.15) is 0 Å². The smallest absolute Gasteiger partial charge is 0.234 e. The molecular weight excluding hydrogens is 464 g/mol. The zero-order valence-electron chi connectivity index (χ0n) is 19.1. The second-order valence-corrected chi connectivity index (χ2v) is 9.21. The van der Waals surface area contributed by atoms with E-state index in [-0.39, 0.29) is 11.7 Å². The molecule has 0 saturated heterocycles. The van der Waals surface area contributed by atoms with Gasteiger partial charge in [-0.15, -0.1) is 22.0 Å². The van der Waals surface area contributed by atoms with Gasteiger partial charge in [0.05, 0.1) is 12.4 Å². The van der Waals surface area contributed by atoms with E-state index in [9.17, 15) is 4.79 Å². The van der Waals surface area contributed by atoms with Crippen molar-refractivity contribution in [3.05, 3.63) is 90.3 Å². The van der Waals surface area contributed by atoms with Crippen molar-refractivity contribution in [1.29, 1.82) is 0 Å². The molecule has 1 N–H and O–H groups in total. The number of hydrogen-bond acceptors (Lipinski definition) is 6. The third-order valence-corrected chi connectivity index (χ3v) is 6.65. The number of aromatic nitrogens is 3. The minimum Gasteiger partial charge on any atom is -0.494 e. The molecule has 6 nitrogen and oxygen atoms in total. The summed E-state index contributed by atoms with van der Waals surface area (Å²) in [5.74, 6) is 1.76. The molecule has 0 bridgehead atoms. The molecule has 0 saturated carbocycles. The molecule has 3 aromatic carbocycles. The number of carbonyl (C=O) groups is 1. The molecule has 1 heterocycles. The molecule has 0 spiro atoms. The Kier molecular flexibility index (Phi) is 8.27. The van der Waals surface area contributed by atoms with Crippen LogP contribution in [0.1, 0.15) is 18.3 Å². The molecule has 174 valence electrons. The van der Waals surface area contributed by atoms with E-state index < -0.39 is 0 Å². The molecule has 0 radical (unpaired) electrons. The van der Waals surface area contributed by atoms with Gasteiger partial charge in [-0.3, -0.25) is 9.36 Å². The van der Waals surface area contributed by atoms with Gasteiger partial charge in [0.25, 0.3) is 0 Å². The topological polar surface area (TPSA) is 69.0 Å². The zero-order chi connectivity index (χ0) is 23.8. The molecule has 0 aliphatic carbocycles. The Labute approximate surface area is 208 Å². The molecule has 0 fully saturated rings. The summed E-state index contributed by atoms with van der Waals surface area (Å²) in [6, 6.07) is 25.8. The van der Waals surface area contributed by atoms with E-state index in [1.54, 1.807) is 11.8 Å². The normalized spacial score (nSPS) is 10.8. The number of hydrogen-bond donors (Lipinski definition) is 1. The molecule has 0 unspecified atom stereocenters. The number of amides is 1. The van der Waals surface area contributed by atoms with Gasteiger partial charge in [-0.1, -0.05) is 48.2 Å². The second-order valence-electron chi connectivity index (χ2n) is 7.39. The molecule has 0 aliphatic rings. The Hall–Kier alpha value is -3.23. The molecule has 1 amide bonds. The van der Waals surface area contributed by atoms with Crippen molar-refractivity contribution in [3.63, 3.8) is 0 Å². The predicted molar refractivity (Wildman–Crippen MR) is 139 cm³/mol. The van der Waals surface area contributed by atoms with Gasteiger partial charge >= 0.3 is 0 Å². The van der Waals surface area contributed by atoms with E-state index in [1.165, 1.54) is 11.8 Å². The minimum atomic E-state index is -0.0888. The summed E-state index contributed by atoms with van der Waals surface area (Å²) in [7, 11) is 0. The number of nitrogens with zero attached hydrogens (tertiary/aromatic N) is 3. The van der Waals surface area contributed by atoms with Crippen LogP contribution in [-0.2, 0) is 11.2 Å². The van der Waals surface area contributed by atoms with Crippen molar-refractivity contribution < 1.29 is 9.53 Å². The van der Waals surface area contributed by atoms with E-state index in [0.29, 0.717) is 18.2 Å². The molecule has 34 heavy (non-hydrogen) atoms. The Balaban J connectivity index is 1.54. The van der Waals surface area contributed by atoms with Crippen LogP contribution in [0.3, 0.4) is 0 Å². The fraction of sp³-hybridized carbons (Fsp3) is 0.192. The highest BCUT2D eigenvalue weighted by atomic mass is 32.2. The highest BCUT2D eigenvalue weighted by Crippen LogP contribution is 2.26. The highest BCUT2D eigenvalue weighted by molar-refractivity contribution is 7.99. The van der Waals surface area contributed by atoms with Gasteiger partial charge in [0.1, 0.15) is 11.6 Å².